The highest BCUT2D eigenvalue weighted by Gasteiger charge is 2.30. The summed E-state index contributed by atoms with van der Waals surface area (Å²) in [4.78, 5) is 11.8. The summed E-state index contributed by atoms with van der Waals surface area (Å²) in [5.74, 6) is -0.509. The van der Waals surface area contributed by atoms with E-state index in [2.05, 4.69) is 5.32 Å². The molecule has 0 radical (unpaired) electrons. The first-order valence-corrected chi connectivity index (χ1v) is 6.81. The molecular weight excluding hydrogens is 242 g/mol. The van der Waals surface area contributed by atoms with E-state index in [0.29, 0.717) is 11.4 Å². The third-order valence-corrected chi connectivity index (χ3v) is 4.66. The van der Waals surface area contributed by atoms with Crippen molar-refractivity contribution in [2.45, 2.75) is 11.8 Å². The molecule has 5 nitrogen and oxygen atoms in total. The molecule has 0 aromatic heterocycles. The molecule has 17 heavy (non-hydrogen) atoms. The van der Waals surface area contributed by atoms with Crippen molar-refractivity contribution in [3.63, 3.8) is 0 Å². The van der Waals surface area contributed by atoms with E-state index < -0.39 is 15.8 Å². The van der Waals surface area contributed by atoms with Crippen molar-refractivity contribution < 1.29 is 17.9 Å². The van der Waals surface area contributed by atoms with Crippen LogP contribution in [0.3, 0.4) is 0 Å². The molecule has 0 fully saturated rings. The summed E-state index contributed by atoms with van der Waals surface area (Å²) in [6.45, 7) is 1.59. The lowest BCUT2D eigenvalue weighted by Gasteiger charge is -2.08. The third kappa shape index (κ3) is 2.12. The molecule has 1 aromatic rings. The second kappa shape index (κ2) is 4.03. The van der Waals surface area contributed by atoms with Gasteiger partial charge in [-0.25, -0.2) is 8.42 Å². The number of hydrogen-bond acceptors (Lipinski definition) is 4. The summed E-state index contributed by atoms with van der Waals surface area (Å²) in [5, 5.41) is 2.60. The van der Waals surface area contributed by atoms with E-state index in [0.717, 1.165) is 0 Å². The zero-order chi connectivity index (χ0) is 12.6. The quantitative estimate of drug-likeness (QED) is 0.814. The minimum Gasteiger partial charge on any atom is -0.497 e. The number of benzene rings is 1. The van der Waals surface area contributed by atoms with Crippen LogP contribution in [0, 0.1) is 5.92 Å². The third-order valence-electron chi connectivity index (χ3n) is 2.70. The van der Waals surface area contributed by atoms with Gasteiger partial charge in [0.05, 0.1) is 23.4 Å². The van der Waals surface area contributed by atoms with E-state index >= 15 is 0 Å². The van der Waals surface area contributed by atoms with Gasteiger partial charge in [-0.15, -0.1) is 0 Å². The number of carbonyl (C=O) groups is 1. The standard InChI is InChI=1S/C11H13NO4S/c1-7-6-17(14,15)10-4-3-8(16-2)5-9(10)12-11(7)13/h3-5,7H,6H2,1-2H3,(H,12,13). The number of rotatable bonds is 1. The van der Waals surface area contributed by atoms with Gasteiger partial charge in [0.2, 0.25) is 5.91 Å². The minimum atomic E-state index is -3.42. The van der Waals surface area contributed by atoms with Gasteiger partial charge in [-0.05, 0) is 12.1 Å². The lowest BCUT2D eigenvalue weighted by molar-refractivity contribution is -0.118. The van der Waals surface area contributed by atoms with Crippen molar-refractivity contribution in [3.8, 4) is 5.75 Å². The smallest absolute Gasteiger partial charge is 0.228 e. The van der Waals surface area contributed by atoms with E-state index in [9.17, 15) is 13.2 Å². The van der Waals surface area contributed by atoms with Gasteiger partial charge in [-0.3, -0.25) is 4.79 Å². The van der Waals surface area contributed by atoms with Gasteiger partial charge in [0.1, 0.15) is 5.75 Å². The lowest BCUT2D eigenvalue weighted by Crippen LogP contribution is -2.22. The number of amides is 1. The first kappa shape index (κ1) is 11.9. The molecule has 1 unspecified atom stereocenters. The summed E-state index contributed by atoms with van der Waals surface area (Å²) in [6.07, 6.45) is 0. The molecule has 1 aliphatic rings. The van der Waals surface area contributed by atoms with Crippen molar-refractivity contribution in [2.75, 3.05) is 18.2 Å². The molecule has 1 amide bonds. The van der Waals surface area contributed by atoms with Crippen molar-refractivity contribution >= 4 is 21.4 Å². The number of hydrogen-bond donors (Lipinski definition) is 1. The second-order valence-corrected chi connectivity index (χ2v) is 6.04. The maximum Gasteiger partial charge on any atom is 0.228 e. The zero-order valence-corrected chi connectivity index (χ0v) is 10.4. The van der Waals surface area contributed by atoms with Crippen LogP contribution in [-0.4, -0.2) is 27.2 Å². The molecule has 1 aliphatic heterocycles. The molecule has 6 heteroatoms. The summed E-state index contributed by atoms with van der Waals surface area (Å²) in [6, 6.07) is 4.54. The predicted octanol–water partition coefficient (Wildman–Crippen LogP) is 1.06. The van der Waals surface area contributed by atoms with Crippen LogP contribution in [0.2, 0.25) is 0 Å². The highest BCUT2D eigenvalue weighted by molar-refractivity contribution is 7.91. The van der Waals surface area contributed by atoms with Crippen molar-refractivity contribution in [1.29, 1.82) is 0 Å². The van der Waals surface area contributed by atoms with Gasteiger partial charge in [0.25, 0.3) is 0 Å². The van der Waals surface area contributed by atoms with Crippen LogP contribution in [0.4, 0.5) is 5.69 Å². The molecule has 0 spiro atoms. The van der Waals surface area contributed by atoms with Crippen molar-refractivity contribution in [3.05, 3.63) is 18.2 Å². The number of ether oxygens (including phenoxy) is 1. The van der Waals surface area contributed by atoms with Crippen molar-refractivity contribution in [1.82, 2.24) is 0 Å². The first-order chi connectivity index (χ1) is 7.94. The topological polar surface area (TPSA) is 72.5 Å². The van der Waals surface area contributed by atoms with Gasteiger partial charge < -0.3 is 10.1 Å². The van der Waals surface area contributed by atoms with Gasteiger partial charge in [-0.1, -0.05) is 6.92 Å². The Bertz CT molecular complexity index is 565. The number of sulfone groups is 1. The Labute approximate surface area is 99.7 Å². The van der Waals surface area contributed by atoms with Crippen LogP contribution >= 0.6 is 0 Å². The number of methoxy groups -OCH3 is 1. The molecule has 0 bridgehead atoms. The Kier molecular flexibility index (Phi) is 2.82. The van der Waals surface area contributed by atoms with E-state index in [1.807, 2.05) is 0 Å². The maximum absolute atomic E-state index is 12.0. The summed E-state index contributed by atoms with van der Waals surface area (Å²) < 4.78 is 29.0. The second-order valence-electron chi connectivity index (χ2n) is 4.03. The monoisotopic (exact) mass is 255 g/mol. The van der Waals surface area contributed by atoms with E-state index in [-0.39, 0.29) is 16.6 Å². The maximum atomic E-state index is 12.0. The Balaban J connectivity index is 2.61. The van der Waals surface area contributed by atoms with Crippen molar-refractivity contribution in [2.24, 2.45) is 5.92 Å². The van der Waals surface area contributed by atoms with Crippen LogP contribution in [0.15, 0.2) is 23.1 Å². The summed E-state index contributed by atoms with van der Waals surface area (Å²) in [7, 11) is -1.94. The number of anilines is 1. The molecule has 2 rings (SSSR count). The molecule has 0 saturated carbocycles. The van der Waals surface area contributed by atoms with E-state index in [1.165, 1.54) is 19.2 Å². The number of nitrogens with one attached hydrogen (secondary N) is 1. The molecule has 1 heterocycles. The van der Waals surface area contributed by atoms with Crippen LogP contribution in [0.5, 0.6) is 5.75 Å². The molecule has 1 atom stereocenters. The predicted molar refractivity (Wildman–Crippen MR) is 62.8 cm³/mol. The zero-order valence-electron chi connectivity index (χ0n) is 9.56. The van der Waals surface area contributed by atoms with Gasteiger partial charge in [0, 0.05) is 12.0 Å². The van der Waals surface area contributed by atoms with E-state index in [4.69, 9.17) is 4.74 Å². The normalized spacial score (nSPS) is 22.2. The Morgan fingerprint density at radius 2 is 2.12 bits per heavy atom. The Morgan fingerprint density at radius 1 is 1.41 bits per heavy atom. The molecule has 92 valence electrons. The highest BCUT2D eigenvalue weighted by Crippen LogP contribution is 2.31. The SMILES string of the molecule is COc1ccc2c(c1)NC(=O)C(C)CS2(=O)=O. The number of carbonyl (C=O) groups excluding carboxylic acids is 1. The molecule has 1 N–H and O–H groups in total. The van der Waals surface area contributed by atoms with Gasteiger partial charge >= 0.3 is 0 Å². The molecular formula is C11H13NO4S. The average Bonchev–Trinajstić information content (AvgIpc) is 2.34. The molecule has 0 saturated heterocycles. The Morgan fingerprint density at radius 3 is 2.76 bits per heavy atom. The fourth-order valence-corrected chi connectivity index (χ4v) is 3.47. The summed E-state index contributed by atoms with van der Waals surface area (Å²) in [5.41, 5.74) is 0.290. The fraction of sp³-hybridized carbons (Fsp3) is 0.364. The highest BCUT2D eigenvalue weighted by atomic mass is 32.2. The largest absolute Gasteiger partial charge is 0.497 e. The minimum absolute atomic E-state index is 0.149. The lowest BCUT2D eigenvalue weighted by atomic mass is 10.2. The van der Waals surface area contributed by atoms with Gasteiger partial charge in [-0.2, -0.15) is 0 Å². The number of fused-ring (bicyclic) bond motifs is 1. The average molecular weight is 255 g/mol. The summed E-state index contributed by atoms with van der Waals surface area (Å²) >= 11 is 0. The Hall–Kier alpha value is -1.56. The van der Waals surface area contributed by atoms with Crippen LogP contribution in [-0.2, 0) is 14.6 Å². The van der Waals surface area contributed by atoms with Crippen LogP contribution < -0.4 is 10.1 Å². The molecule has 0 aliphatic carbocycles. The molecule has 1 aromatic carbocycles. The van der Waals surface area contributed by atoms with Crippen LogP contribution in [0.1, 0.15) is 6.92 Å². The first-order valence-electron chi connectivity index (χ1n) is 5.15. The van der Waals surface area contributed by atoms with E-state index in [1.54, 1.807) is 13.0 Å². The van der Waals surface area contributed by atoms with Gasteiger partial charge in [0.15, 0.2) is 9.84 Å². The fourth-order valence-electron chi connectivity index (χ4n) is 1.76. The van der Waals surface area contributed by atoms with Crippen LogP contribution in [0.25, 0.3) is 0 Å².